The van der Waals surface area contributed by atoms with E-state index in [1.54, 1.807) is 13.1 Å². The molecule has 0 radical (unpaired) electrons. The first-order valence-corrected chi connectivity index (χ1v) is 11.5. The summed E-state index contributed by atoms with van der Waals surface area (Å²) in [6.07, 6.45) is 0.929. The van der Waals surface area contributed by atoms with Crippen molar-refractivity contribution in [1.82, 2.24) is 14.9 Å². The van der Waals surface area contributed by atoms with Crippen molar-refractivity contribution in [3.05, 3.63) is 104 Å². The predicted octanol–water partition coefficient (Wildman–Crippen LogP) is 2.03. The maximum Gasteiger partial charge on any atom is 0.330 e. The SMILES string of the molecule is Cc1cn([C@@H]2O[C@@]3(COCc4ccccc4)[C@@]4(C)N[C@@H]2[C@@]43OCc2ccccc2)c(=O)[nH]c1=O. The van der Waals surface area contributed by atoms with E-state index < -0.39 is 34.2 Å². The number of hydrogen-bond acceptors (Lipinski definition) is 6. The molecule has 34 heavy (non-hydrogen) atoms. The van der Waals surface area contributed by atoms with Crippen LogP contribution in [0.15, 0.2) is 76.4 Å². The van der Waals surface area contributed by atoms with Gasteiger partial charge < -0.3 is 14.2 Å². The van der Waals surface area contributed by atoms with Gasteiger partial charge in [0.25, 0.3) is 5.56 Å². The Hall–Kier alpha value is -3.04. The molecule has 8 nitrogen and oxygen atoms in total. The maximum absolute atomic E-state index is 12.7. The minimum Gasteiger partial charge on any atom is -0.374 e. The third-order valence-electron chi connectivity index (χ3n) is 7.72. The van der Waals surface area contributed by atoms with Gasteiger partial charge in [-0.15, -0.1) is 0 Å². The summed E-state index contributed by atoms with van der Waals surface area (Å²) in [7, 11) is 0. The number of benzene rings is 2. The Labute approximate surface area is 196 Å². The van der Waals surface area contributed by atoms with E-state index in [1.165, 1.54) is 4.57 Å². The van der Waals surface area contributed by atoms with Crippen LogP contribution in [0.25, 0.3) is 0 Å². The summed E-state index contributed by atoms with van der Waals surface area (Å²) in [4.78, 5) is 27.0. The molecule has 0 amide bonds. The predicted molar refractivity (Wildman–Crippen MR) is 124 cm³/mol. The van der Waals surface area contributed by atoms with Gasteiger partial charge in [-0.25, -0.2) is 4.79 Å². The van der Waals surface area contributed by atoms with Crippen LogP contribution >= 0.6 is 0 Å². The number of ether oxygens (including phenoxy) is 3. The minimum atomic E-state index is -0.762. The Bertz CT molecular complexity index is 1340. The number of rotatable bonds is 8. The fourth-order valence-corrected chi connectivity index (χ4v) is 5.92. The van der Waals surface area contributed by atoms with Crippen molar-refractivity contribution in [2.24, 2.45) is 0 Å². The summed E-state index contributed by atoms with van der Waals surface area (Å²) in [5, 5.41) is 3.59. The third-order valence-corrected chi connectivity index (χ3v) is 7.72. The van der Waals surface area contributed by atoms with E-state index >= 15 is 0 Å². The number of nitrogens with zero attached hydrogens (tertiary/aromatic N) is 1. The van der Waals surface area contributed by atoms with E-state index in [0.717, 1.165) is 11.1 Å². The third kappa shape index (κ3) is 2.74. The van der Waals surface area contributed by atoms with Crippen LogP contribution in [-0.2, 0) is 27.4 Å². The Kier molecular flexibility index (Phi) is 4.73. The van der Waals surface area contributed by atoms with Crippen molar-refractivity contribution in [3.63, 3.8) is 0 Å². The molecular weight excluding hydrogens is 434 g/mol. The van der Waals surface area contributed by atoms with Crippen molar-refractivity contribution in [3.8, 4) is 0 Å². The molecule has 1 saturated carbocycles. The number of hydrogen-bond donors (Lipinski definition) is 2. The lowest BCUT2D eigenvalue weighted by atomic mass is 9.92. The van der Waals surface area contributed by atoms with Gasteiger partial charge in [0.05, 0.1) is 31.4 Å². The van der Waals surface area contributed by atoms with Gasteiger partial charge in [-0.05, 0) is 25.0 Å². The zero-order chi connectivity index (χ0) is 23.6. The smallest absolute Gasteiger partial charge is 0.330 e. The van der Waals surface area contributed by atoms with Gasteiger partial charge in [0.1, 0.15) is 11.2 Å². The van der Waals surface area contributed by atoms with Gasteiger partial charge in [0.2, 0.25) is 0 Å². The summed E-state index contributed by atoms with van der Waals surface area (Å²) in [5.41, 5.74) is -0.174. The molecule has 1 aliphatic carbocycles. The number of morpholine rings is 1. The topological polar surface area (TPSA) is 94.6 Å². The molecule has 2 saturated heterocycles. The Balaban J connectivity index is 1.31. The van der Waals surface area contributed by atoms with Crippen LogP contribution < -0.4 is 16.6 Å². The number of aryl methyl sites for hydroxylation is 1. The summed E-state index contributed by atoms with van der Waals surface area (Å²) in [6, 6.07) is 19.7. The van der Waals surface area contributed by atoms with Crippen LogP contribution in [0.2, 0.25) is 0 Å². The van der Waals surface area contributed by atoms with Crippen molar-refractivity contribution in [2.45, 2.75) is 56.1 Å². The molecule has 2 aromatic carbocycles. The van der Waals surface area contributed by atoms with Crippen molar-refractivity contribution in [1.29, 1.82) is 0 Å². The number of aromatic nitrogens is 2. The minimum absolute atomic E-state index is 0.260. The first-order valence-electron chi connectivity index (χ1n) is 11.5. The molecule has 0 spiro atoms. The fraction of sp³-hybridized carbons (Fsp3) is 0.385. The lowest BCUT2D eigenvalue weighted by Crippen LogP contribution is -2.69. The van der Waals surface area contributed by atoms with E-state index in [2.05, 4.69) is 17.2 Å². The van der Waals surface area contributed by atoms with Crippen LogP contribution in [0, 0.1) is 6.92 Å². The van der Waals surface area contributed by atoms with Crippen LogP contribution in [0.4, 0.5) is 0 Å². The molecule has 3 fully saturated rings. The highest BCUT2D eigenvalue weighted by molar-refractivity contribution is 5.55. The largest absolute Gasteiger partial charge is 0.374 e. The fourth-order valence-electron chi connectivity index (χ4n) is 5.92. The average molecular weight is 462 g/mol. The quantitative estimate of drug-likeness (QED) is 0.533. The molecule has 176 valence electrons. The zero-order valence-corrected chi connectivity index (χ0v) is 19.1. The van der Waals surface area contributed by atoms with Gasteiger partial charge in [0, 0.05) is 11.8 Å². The van der Waals surface area contributed by atoms with Gasteiger partial charge in [-0.3, -0.25) is 19.7 Å². The monoisotopic (exact) mass is 461 g/mol. The normalized spacial score (nSPS) is 32.8. The van der Waals surface area contributed by atoms with Gasteiger partial charge in [-0.1, -0.05) is 60.7 Å². The van der Waals surface area contributed by atoms with Gasteiger partial charge >= 0.3 is 5.69 Å². The van der Waals surface area contributed by atoms with E-state index in [4.69, 9.17) is 14.2 Å². The van der Waals surface area contributed by atoms with E-state index in [1.807, 2.05) is 60.7 Å². The second-order valence-corrected chi connectivity index (χ2v) is 9.55. The molecule has 3 aromatic rings. The Morgan fingerprint density at radius 3 is 2.32 bits per heavy atom. The van der Waals surface area contributed by atoms with Crippen LogP contribution in [-0.4, -0.2) is 38.9 Å². The number of H-pyrrole nitrogens is 1. The van der Waals surface area contributed by atoms with Crippen LogP contribution in [0.5, 0.6) is 0 Å². The molecule has 2 aliphatic heterocycles. The highest BCUT2D eigenvalue weighted by Crippen LogP contribution is 2.77. The summed E-state index contributed by atoms with van der Waals surface area (Å²) in [6.45, 7) is 4.93. The summed E-state index contributed by atoms with van der Waals surface area (Å²) < 4.78 is 20.8. The van der Waals surface area contributed by atoms with Crippen molar-refractivity contribution >= 4 is 0 Å². The molecule has 1 aromatic heterocycles. The molecule has 0 bridgehead atoms. The Morgan fingerprint density at radius 1 is 1.00 bits per heavy atom. The highest BCUT2D eigenvalue weighted by atomic mass is 16.6. The molecule has 8 heteroatoms. The lowest BCUT2D eigenvalue weighted by Gasteiger charge is -2.45. The molecular formula is C26H27N3O5. The first-order chi connectivity index (χ1) is 16.4. The van der Waals surface area contributed by atoms with E-state index in [9.17, 15) is 9.59 Å². The Morgan fingerprint density at radius 2 is 1.65 bits per heavy atom. The maximum atomic E-state index is 12.7. The first kappa shape index (κ1) is 21.5. The number of fused-ring (bicyclic) bond motifs is 1. The van der Waals surface area contributed by atoms with Crippen LogP contribution in [0.1, 0.15) is 29.8 Å². The number of aromatic amines is 1. The molecule has 3 aliphatic rings. The van der Waals surface area contributed by atoms with E-state index in [-0.39, 0.29) is 6.04 Å². The van der Waals surface area contributed by atoms with Crippen LogP contribution in [0.3, 0.4) is 0 Å². The summed E-state index contributed by atoms with van der Waals surface area (Å²) in [5.74, 6) is 0. The second kappa shape index (κ2) is 7.48. The standard InChI is InChI=1S/C26H27N3O5/c1-17-13-29(23(31)27-21(17)30)22-20-26(33-15-19-11-7-4-8-12-19)24(2,28-20)25(26,34-22)16-32-14-18-9-5-3-6-10-18/h3-13,20,22,28H,14-16H2,1-2H3,(H,27,30,31)/t20-,22+,24+,25-,26+/m0/s1. The van der Waals surface area contributed by atoms with Crippen molar-refractivity contribution < 1.29 is 14.2 Å². The second-order valence-electron chi connectivity index (χ2n) is 9.55. The van der Waals surface area contributed by atoms with Gasteiger partial charge in [0.15, 0.2) is 6.23 Å². The number of nitrogens with one attached hydrogen (secondary N) is 2. The molecule has 3 heterocycles. The lowest BCUT2D eigenvalue weighted by molar-refractivity contribution is -0.134. The van der Waals surface area contributed by atoms with E-state index in [0.29, 0.717) is 25.4 Å². The summed E-state index contributed by atoms with van der Waals surface area (Å²) >= 11 is 0. The molecule has 5 atom stereocenters. The molecule has 6 rings (SSSR count). The molecule has 2 N–H and O–H groups in total. The molecule has 0 unspecified atom stereocenters. The zero-order valence-electron chi connectivity index (χ0n) is 19.1. The van der Waals surface area contributed by atoms with Gasteiger partial charge in [-0.2, -0.15) is 0 Å². The van der Waals surface area contributed by atoms with Crippen molar-refractivity contribution in [2.75, 3.05) is 6.61 Å². The highest BCUT2D eigenvalue weighted by Gasteiger charge is 3.02. The average Bonchev–Trinajstić information content (AvgIpc) is 3.03.